The Morgan fingerprint density at radius 3 is 2.04 bits per heavy atom. The van der Waals surface area contributed by atoms with Crippen LogP contribution in [0.1, 0.15) is 37.4 Å². The predicted molar refractivity (Wildman–Crippen MR) is 223 cm³/mol. The van der Waals surface area contributed by atoms with Crippen LogP contribution in [0, 0.1) is 33.0 Å². The first-order valence-electron chi connectivity index (χ1n) is 20.6. The van der Waals surface area contributed by atoms with Gasteiger partial charge in [0, 0.05) is 57.5 Å². The summed E-state index contributed by atoms with van der Waals surface area (Å²) in [6.07, 6.45) is 4.51. The molecule has 5 heteroatoms. The Hall–Kier alpha value is -6.13. The maximum Gasteiger partial charge on any atom is 0.0774 e. The number of para-hydroxylation sites is 2. The average molecular weight is 896 g/mol. The summed E-state index contributed by atoms with van der Waals surface area (Å²) in [5.74, 6) is 0.789. The largest absolute Gasteiger partial charge is 0.557 e. The zero-order chi connectivity index (χ0) is 42.2. The van der Waals surface area contributed by atoms with Crippen LogP contribution in [-0.4, -0.2) is 14.5 Å². The molecule has 0 saturated carbocycles. The maximum atomic E-state index is 7.28. The van der Waals surface area contributed by atoms with Gasteiger partial charge < -0.3 is 14.0 Å². The van der Waals surface area contributed by atoms with Crippen molar-refractivity contribution in [3.8, 4) is 50.6 Å². The SMILES string of the molecule is C=C(C)c1ccc2o[c-]c(-c3nc4ccccc4n3-c3c(-c4ccccc4)cc(C)cc3-c3ccccc3)c2c1.[2H]C([2H])([2H])c1c[c-]c(-c2ccc(C([2H])([2H])[2H])cn2)cc1.[Ir]. The van der Waals surface area contributed by atoms with Gasteiger partial charge in [-0.3, -0.25) is 4.98 Å². The van der Waals surface area contributed by atoms with E-state index in [9.17, 15) is 0 Å². The van der Waals surface area contributed by atoms with Crippen LogP contribution in [0.15, 0.2) is 163 Å². The van der Waals surface area contributed by atoms with Crippen LogP contribution in [0.2, 0.25) is 0 Å². The average Bonchev–Trinajstić information content (AvgIpc) is 3.85. The third-order valence-corrected chi connectivity index (χ3v) is 9.29. The van der Waals surface area contributed by atoms with Crippen molar-refractivity contribution in [2.45, 2.75) is 27.6 Å². The van der Waals surface area contributed by atoms with Gasteiger partial charge in [-0.15, -0.1) is 35.4 Å². The fraction of sp³-hybridized carbons (Fsp3) is 0.0800. The summed E-state index contributed by atoms with van der Waals surface area (Å²) in [5.41, 5.74) is 14.0. The van der Waals surface area contributed by atoms with Crippen molar-refractivity contribution in [2.75, 3.05) is 0 Å². The van der Waals surface area contributed by atoms with Crippen molar-refractivity contribution < 1.29 is 32.7 Å². The summed E-state index contributed by atoms with van der Waals surface area (Å²) in [4.78, 5) is 9.27. The second-order valence-corrected chi connectivity index (χ2v) is 13.2. The van der Waals surface area contributed by atoms with Crippen LogP contribution >= 0.6 is 0 Å². The van der Waals surface area contributed by atoms with Crippen molar-refractivity contribution in [1.29, 1.82) is 0 Å². The fourth-order valence-corrected chi connectivity index (χ4v) is 6.66. The molecule has 1 radical (unpaired) electrons. The quantitative estimate of drug-likeness (QED) is 0.156. The molecular weight excluding hydrogens is 851 g/mol. The Bertz CT molecular complexity index is 2860. The first-order valence-corrected chi connectivity index (χ1v) is 17.6. The first kappa shape index (κ1) is 30.2. The second kappa shape index (κ2) is 16.1. The summed E-state index contributed by atoms with van der Waals surface area (Å²) in [6, 6.07) is 50.6. The molecule has 3 aromatic heterocycles. The third-order valence-electron chi connectivity index (χ3n) is 9.29. The van der Waals surface area contributed by atoms with E-state index in [2.05, 4.69) is 132 Å². The van der Waals surface area contributed by atoms with E-state index in [1.54, 1.807) is 12.1 Å². The zero-order valence-corrected chi connectivity index (χ0v) is 32.6. The van der Waals surface area contributed by atoms with E-state index in [1.165, 1.54) is 30.0 Å². The Labute approximate surface area is 344 Å². The summed E-state index contributed by atoms with van der Waals surface area (Å²) in [5, 5.41) is 0.965. The van der Waals surface area contributed by atoms with Gasteiger partial charge in [0.2, 0.25) is 0 Å². The minimum atomic E-state index is -2.18. The first-order chi connectivity index (χ1) is 28.8. The number of pyridine rings is 1. The van der Waals surface area contributed by atoms with Crippen molar-refractivity contribution in [2.24, 2.45) is 0 Å². The van der Waals surface area contributed by atoms with Crippen molar-refractivity contribution in [3.63, 3.8) is 0 Å². The maximum absolute atomic E-state index is 7.28. The smallest absolute Gasteiger partial charge is 0.0774 e. The topological polar surface area (TPSA) is 43.9 Å². The Balaban J connectivity index is 0.000000226. The van der Waals surface area contributed by atoms with Gasteiger partial charge >= 0.3 is 0 Å². The number of rotatable bonds is 6. The molecule has 0 aliphatic heterocycles. The molecule has 0 saturated heterocycles. The number of allylic oxidation sites excluding steroid dienone is 1. The molecule has 0 N–H and O–H groups in total. The molecule has 9 aromatic rings. The van der Waals surface area contributed by atoms with Gasteiger partial charge in [0.15, 0.2) is 0 Å². The van der Waals surface area contributed by atoms with Gasteiger partial charge in [0.05, 0.1) is 22.5 Å². The Morgan fingerprint density at radius 1 is 0.745 bits per heavy atom. The van der Waals surface area contributed by atoms with E-state index < -0.39 is 13.7 Å². The van der Waals surface area contributed by atoms with E-state index in [0.29, 0.717) is 11.3 Å². The molecule has 6 aromatic carbocycles. The van der Waals surface area contributed by atoms with Crippen LogP contribution in [-0.2, 0) is 20.1 Å². The minimum Gasteiger partial charge on any atom is -0.557 e. The third kappa shape index (κ3) is 7.63. The van der Waals surface area contributed by atoms with Gasteiger partial charge in [-0.25, -0.2) is 0 Å². The van der Waals surface area contributed by atoms with Crippen molar-refractivity contribution in [1.82, 2.24) is 14.5 Å². The van der Waals surface area contributed by atoms with E-state index in [1.807, 2.05) is 25.1 Å². The Kier molecular flexibility index (Phi) is 8.84. The number of aromatic nitrogens is 3. The Morgan fingerprint density at radius 2 is 1.42 bits per heavy atom. The molecule has 4 nitrogen and oxygen atoms in total. The predicted octanol–water partition coefficient (Wildman–Crippen LogP) is 13.1. The number of nitrogens with zero attached hydrogens (tertiary/aromatic N) is 3. The second-order valence-electron chi connectivity index (χ2n) is 13.2. The minimum absolute atomic E-state index is 0. The van der Waals surface area contributed by atoms with E-state index in [4.69, 9.17) is 17.6 Å². The molecule has 0 fully saturated rings. The van der Waals surface area contributed by atoms with Crippen molar-refractivity contribution >= 4 is 27.6 Å². The standard InChI is InChI=1S/C37H27N2O.C13H12N.Ir/c1-24(2)28-18-19-35-31(22-28)32(23-40-35)37-38-33-16-10-11-17-34(33)39(37)36-29(26-12-6-4-7-13-26)20-25(3)21-30(36)27-14-8-5-9-15-27;1-10-3-6-12(7-4-10)13-8-5-11(2)9-14-13;/h4-22H,1H2,2-3H3;3-6,8-9H,1-2H3;/q2*-1;/i;1D3,2D3;. The molecule has 9 rings (SSSR count). The number of hydrogen-bond acceptors (Lipinski definition) is 3. The molecule has 3 heterocycles. The van der Waals surface area contributed by atoms with Gasteiger partial charge in [-0.2, -0.15) is 0 Å². The van der Waals surface area contributed by atoms with Crippen LogP contribution in [0.5, 0.6) is 0 Å². The monoisotopic (exact) mass is 896 g/mol. The number of hydrogen-bond donors (Lipinski definition) is 0. The molecule has 0 unspecified atom stereocenters. The molecule has 271 valence electrons. The molecule has 0 amide bonds. The molecule has 0 spiro atoms. The number of imidazole rings is 1. The number of benzene rings is 6. The zero-order valence-electron chi connectivity index (χ0n) is 36.2. The van der Waals surface area contributed by atoms with Gasteiger partial charge in [-0.1, -0.05) is 133 Å². The number of aryl methyl sites for hydroxylation is 3. The molecular formula is C50H39IrN3O-2. The van der Waals surface area contributed by atoms with Gasteiger partial charge in [-0.05, 0) is 78.5 Å². The molecule has 0 atom stereocenters. The molecule has 0 aliphatic carbocycles. The van der Waals surface area contributed by atoms with E-state index in [0.717, 1.165) is 72.5 Å². The van der Waals surface area contributed by atoms with Crippen LogP contribution in [0.3, 0.4) is 0 Å². The van der Waals surface area contributed by atoms with Crippen LogP contribution in [0.25, 0.3) is 78.2 Å². The molecule has 0 bridgehead atoms. The van der Waals surface area contributed by atoms with Crippen LogP contribution < -0.4 is 0 Å². The number of furan rings is 1. The summed E-state index contributed by atoms with van der Waals surface area (Å²) in [6.45, 7) is 3.99. The van der Waals surface area contributed by atoms with E-state index in [-0.39, 0.29) is 31.2 Å². The number of fused-ring (bicyclic) bond motifs is 2. The van der Waals surface area contributed by atoms with Gasteiger partial charge in [0.25, 0.3) is 0 Å². The molecule has 0 aliphatic rings. The fourth-order valence-electron chi connectivity index (χ4n) is 6.66. The van der Waals surface area contributed by atoms with Gasteiger partial charge in [0.1, 0.15) is 0 Å². The summed E-state index contributed by atoms with van der Waals surface area (Å²) < 4.78 is 51.9. The summed E-state index contributed by atoms with van der Waals surface area (Å²) in [7, 11) is 0. The van der Waals surface area contributed by atoms with E-state index >= 15 is 0 Å². The molecule has 55 heavy (non-hydrogen) atoms. The summed E-state index contributed by atoms with van der Waals surface area (Å²) >= 11 is 0. The van der Waals surface area contributed by atoms with Crippen molar-refractivity contribution in [3.05, 3.63) is 193 Å². The normalized spacial score (nSPS) is 12.9. The van der Waals surface area contributed by atoms with Crippen LogP contribution in [0.4, 0.5) is 0 Å².